The zero-order valence-electron chi connectivity index (χ0n) is 10.8. The van der Waals surface area contributed by atoms with Gasteiger partial charge < -0.3 is 4.18 Å². The molecule has 0 amide bonds. The molecule has 2 unspecified atom stereocenters. The Labute approximate surface area is 115 Å². The molecule has 0 aromatic heterocycles. The lowest BCUT2D eigenvalue weighted by Gasteiger charge is -2.24. The number of rotatable bonds is 1. The minimum atomic E-state index is -1.47. The molecule has 98 valence electrons. The van der Waals surface area contributed by atoms with E-state index in [9.17, 15) is 4.21 Å². The number of nitrogens with one attached hydrogen (secondary N) is 1. The van der Waals surface area contributed by atoms with Gasteiger partial charge in [-0.15, -0.1) is 0 Å². The third-order valence-corrected chi connectivity index (χ3v) is 4.17. The fourth-order valence-corrected chi connectivity index (χ4v) is 3.06. The summed E-state index contributed by atoms with van der Waals surface area (Å²) in [6.45, 7) is 4.04. The number of para-hydroxylation sites is 1. The number of hydrogen-bond acceptors (Lipinski definition) is 2. The molecule has 2 aromatic carbocycles. The Morgan fingerprint density at radius 3 is 2.63 bits per heavy atom. The molecule has 0 radical (unpaired) electrons. The first-order chi connectivity index (χ1) is 9.15. The Kier molecular flexibility index (Phi) is 3.12. The molecule has 1 N–H and O–H groups in total. The monoisotopic (exact) mass is 273 g/mol. The van der Waals surface area contributed by atoms with E-state index in [1.165, 1.54) is 5.56 Å². The van der Waals surface area contributed by atoms with Crippen LogP contribution in [-0.4, -0.2) is 4.21 Å². The van der Waals surface area contributed by atoms with Crippen molar-refractivity contribution >= 4 is 11.3 Å². The Morgan fingerprint density at radius 2 is 1.89 bits per heavy atom. The molecule has 2 aromatic rings. The Balaban J connectivity index is 2.15. The highest BCUT2D eigenvalue weighted by Crippen LogP contribution is 2.38. The first-order valence-electron chi connectivity index (χ1n) is 6.21. The van der Waals surface area contributed by atoms with Gasteiger partial charge in [0, 0.05) is 17.2 Å². The highest BCUT2D eigenvalue weighted by molar-refractivity contribution is 7.78. The number of aryl methyl sites for hydroxylation is 1. The standard InChI is InChI=1S/C15H15NO2S/c1-10-6-8-12(9-7-10)14-5-3-4-13-11(2)16-19(17)18-15(13)14/h3-9,11,16H,1-2H3. The van der Waals surface area contributed by atoms with E-state index in [-0.39, 0.29) is 6.04 Å². The van der Waals surface area contributed by atoms with Crippen LogP contribution in [0.2, 0.25) is 0 Å². The Morgan fingerprint density at radius 1 is 1.16 bits per heavy atom. The van der Waals surface area contributed by atoms with Gasteiger partial charge in [0.1, 0.15) is 0 Å². The average Bonchev–Trinajstić information content (AvgIpc) is 2.39. The molecule has 3 nitrogen and oxygen atoms in total. The van der Waals surface area contributed by atoms with E-state index in [4.69, 9.17) is 4.18 Å². The van der Waals surface area contributed by atoms with Gasteiger partial charge in [-0.05, 0) is 19.4 Å². The van der Waals surface area contributed by atoms with Crippen LogP contribution in [0, 0.1) is 6.92 Å². The van der Waals surface area contributed by atoms with Gasteiger partial charge in [0.2, 0.25) is 0 Å². The van der Waals surface area contributed by atoms with Gasteiger partial charge in [-0.1, -0.05) is 48.0 Å². The SMILES string of the molecule is Cc1ccc(-c2cccc3c2OS(=O)NC3C)cc1. The maximum Gasteiger partial charge on any atom is 0.288 e. The molecule has 0 fully saturated rings. The number of hydrogen-bond donors (Lipinski definition) is 1. The maximum atomic E-state index is 11.7. The van der Waals surface area contributed by atoms with E-state index < -0.39 is 11.3 Å². The van der Waals surface area contributed by atoms with Crippen molar-refractivity contribution in [2.45, 2.75) is 19.9 Å². The Bertz CT molecular complexity index is 637. The first kappa shape index (κ1) is 12.4. The summed E-state index contributed by atoms with van der Waals surface area (Å²) in [6.07, 6.45) is 0. The lowest BCUT2D eigenvalue weighted by Crippen LogP contribution is -2.30. The summed E-state index contributed by atoms with van der Waals surface area (Å²) >= 11 is -1.47. The molecule has 0 aliphatic carbocycles. The van der Waals surface area contributed by atoms with Crippen LogP contribution in [-0.2, 0) is 11.3 Å². The van der Waals surface area contributed by atoms with Gasteiger partial charge >= 0.3 is 0 Å². The minimum absolute atomic E-state index is 0.0231. The van der Waals surface area contributed by atoms with Crippen molar-refractivity contribution in [3.8, 4) is 16.9 Å². The van der Waals surface area contributed by atoms with Crippen LogP contribution in [0.15, 0.2) is 42.5 Å². The summed E-state index contributed by atoms with van der Waals surface area (Å²) in [6, 6.07) is 14.3. The zero-order chi connectivity index (χ0) is 13.4. The van der Waals surface area contributed by atoms with Crippen LogP contribution in [0.1, 0.15) is 24.1 Å². The summed E-state index contributed by atoms with van der Waals surface area (Å²) in [5.41, 5.74) is 4.32. The normalized spacial score (nSPS) is 21.6. The van der Waals surface area contributed by atoms with E-state index in [1.807, 2.05) is 25.1 Å². The smallest absolute Gasteiger partial charge is 0.288 e. The third-order valence-electron chi connectivity index (χ3n) is 3.31. The number of fused-ring (bicyclic) bond motifs is 1. The van der Waals surface area contributed by atoms with Crippen LogP contribution >= 0.6 is 0 Å². The van der Waals surface area contributed by atoms with E-state index in [0.29, 0.717) is 0 Å². The fourth-order valence-electron chi connectivity index (χ4n) is 2.26. The zero-order valence-corrected chi connectivity index (χ0v) is 11.7. The molecule has 4 heteroatoms. The molecule has 0 bridgehead atoms. The lowest BCUT2D eigenvalue weighted by molar-refractivity contribution is 0.501. The lowest BCUT2D eigenvalue weighted by atomic mass is 9.98. The van der Waals surface area contributed by atoms with E-state index >= 15 is 0 Å². The first-order valence-corrected chi connectivity index (χ1v) is 7.29. The topological polar surface area (TPSA) is 38.3 Å². The third kappa shape index (κ3) is 2.29. The quantitative estimate of drug-likeness (QED) is 0.866. The van der Waals surface area contributed by atoms with E-state index in [1.54, 1.807) is 0 Å². The van der Waals surface area contributed by atoms with Crippen molar-refractivity contribution in [1.29, 1.82) is 0 Å². The average molecular weight is 273 g/mol. The summed E-state index contributed by atoms with van der Waals surface area (Å²) in [5.74, 6) is 0.718. The highest BCUT2D eigenvalue weighted by Gasteiger charge is 2.24. The molecule has 1 heterocycles. The molecule has 1 aliphatic heterocycles. The molecule has 19 heavy (non-hydrogen) atoms. The van der Waals surface area contributed by atoms with Gasteiger partial charge in [-0.3, -0.25) is 0 Å². The van der Waals surface area contributed by atoms with Crippen LogP contribution < -0.4 is 8.91 Å². The van der Waals surface area contributed by atoms with Crippen LogP contribution in [0.25, 0.3) is 11.1 Å². The second kappa shape index (κ2) is 4.79. The van der Waals surface area contributed by atoms with Crippen molar-refractivity contribution in [3.05, 3.63) is 53.6 Å². The van der Waals surface area contributed by atoms with Crippen LogP contribution in [0.5, 0.6) is 5.75 Å². The van der Waals surface area contributed by atoms with E-state index in [2.05, 4.69) is 35.9 Å². The van der Waals surface area contributed by atoms with Crippen molar-refractivity contribution in [3.63, 3.8) is 0 Å². The minimum Gasteiger partial charge on any atom is -0.388 e. The predicted molar refractivity (Wildman–Crippen MR) is 76.9 cm³/mol. The molecule has 0 spiro atoms. The summed E-state index contributed by atoms with van der Waals surface area (Å²) in [5, 5.41) is 0. The highest BCUT2D eigenvalue weighted by atomic mass is 32.2. The van der Waals surface area contributed by atoms with Crippen molar-refractivity contribution in [2.24, 2.45) is 0 Å². The molecule has 0 saturated carbocycles. The van der Waals surface area contributed by atoms with Crippen molar-refractivity contribution in [1.82, 2.24) is 4.72 Å². The van der Waals surface area contributed by atoms with E-state index in [0.717, 1.165) is 22.4 Å². The van der Waals surface area contributed by atoms with Gasteiger partial charge in [0.25, 0.3) is 11.3 Å². The van der Waals surface area contributed by atoms with Crippen molar-refractivity contribution < 1.29 is 8.39 Å². The Hall–Kier alpha value is -1.65. The fraction of sp³-hybridized carbons (Fsp3) is 0.200. The van der Waals surface area contributed by atoms with Gasteiger partial charge in [0.05, 0.1) is 0 Å². The van der Waals surface area contributed by atoms with Gasteiger partial charge in [-0.25, -0.2) is 0 Å². The molecule has 0 saturated heterocycles. The molecule has 1 aliphatic rings. The largest absolute Gasteiger partial charge is 0.388 e. The summed E-state index contributed by atoms with van der Waals surface area (Å²) in [4.78, 5) is 0. The van der Waals surface area contributed by atoms with Gasteiger partial charge in [-0.2, -0.15) is 8.93 Å². The van der Waals surface area contributed by atoms with Crippen LogP contribution in [0.3, 0.4) is 0 Å². The second-order valence-electron chi connectivity index (χ2n) is 4.75. The number of benzene rings is 2. The van der Waals surface area contributed by atoms with Gasteiger partial charge in [0.15, 0.2) is 5.75 Å². The summed E-state index contributed by atoms with van der Waals surface area (Å²) in [7, 11) is 0. The van der Waals surface area contributed by atoms with Crippen LogP contribution in [0.4, 0.5) is 0 Å². The molecular formula is C15H15NO2S. The molecular weight excluding hydrogens is 258 g/mol. The molecule has 3 rings (SSSR count). The van der Waals surface area contributed by atoms with Crippen molar-refractivity contribution in [2.75, 3.05) is 0 Å². The summed E-state index contributed by atoms with van der Waals surface area (Å²) < 4.78 is 20.0. The molecule has 2 atom stereocenters. The maximum absolute atomic E-state index is 11.7. The predicted octanol–water partition coefficient (Wildman–Crippen LogP) is 3.28. The second-order valence-corrected chi connectivity index (χ2v) is 5.62.